The predicted octanol–water partition coefficient (Wildman–Crippen LogP) is 4.27. The molecule has 3 aliphatic rings. The second kappa shape index (κ2) is 9.99. The zero-order valence-corrected chi connectivity index (χ0v) is 20.0. The van der Waals surface area contributed by atoms with Crippen LogP contribution in [0.1, 0.15) is 41.5 Å². The average molecular weight is 490 g/mol. The largest absolute Gasteiger partial charge is 0.487 e. The summed E-state index contributed by atoms with van der Waals surface area (Å²) < 4.78 is 19.7. The minimum absolute atomic E-state index is 0.309. The summed E-state index contributed by atoms with van der Waals surface area (Å²) in [6.45, 7) is 0.825. The van der Waals surface area contributed by atoms with Crippen molar-refractivity contribution < 1.29 is 23.8 Å². The molecule has 3 aliphatic heterocycles. The Bertz CT molecular complexity index is 1310. The van der Waals surface area contributed by atoms with Gasteiger partial charge in [-0.05, 0) is 55.8 Å². The molecule has 186 valence electrons. The van der Waals surface area contributed by atoms with Gasteiger partial charge in [-0.3, -0.25) is 9.59 Å². The van der Waals surface area contributed by atoms with Gasteiger partial charge in [0.05, 0.1) is 5.57 Å². The number of carboxylic acid groups (broad SMARTS) is 1. The number of hydrogen-bond donors (Lipinski definition) is 3. The molecule has 3 N–H and O–H groups in total. The van der Waals surface area contributed by atoms with Crippen molar-refractivity contribution >= 4 is 28.9 Å². The van der Waals surface area contributed by atoms with E-state index in [0.29, 0.717) is 48.6 Å². The first kappa shape index (κ1) is 23.8. The number of benzene rings is 2. The molecule has 0 saturated carbocycles. The lowest BCUT2D eigenvalue weighted by Crippen LogP contribution is -2.39. The standard InChI is InChI=1S/C28H28FN3O4/c1-32-12-4-2-3-5-20(32)15-24(28(34)35)30-11-10-17-6-8-21-18(13-17)16-36-26(21)25-22-14-19(29)7-9-23(22)31-27(25)33/h4-9,12-14,24,30H,2-3,10-11,15-16H2,1H3,(H,31,33)(H,34,35). The van der Waals surface area contributed by atoms with Gasteiger partial charge in [0.25, 0.3) is 5.91 Å². The van der Waals surface area contributed by atoms with Gasteiger partial charge in [-0.2, -0.15) is 0 Å². The Balaban J connectivity index is 1.27. The molecule has 0 saturated heterocycles. The van der Waals surface area contributed by atoms with E-state index in [2.05, 4.69) is 22.8 Å². The number of carboxylic acids is 1. The van der Waals surface area contributed by atoms with E-state index in [4.69, 9.17) is 4.74 Å². The molecule has 2 aromatic rings. The van der Waals surface area contributed by atoms with E-state index in [1.54, 1.807) is 6.07 Å². The molecule has 7 nitrogen and oxygen atoms in total. The molecule has 1 unspecified atom stereocenters. The lowest BCUT2D eigenvalue weighted by atomic mass is 9.98. The average Bonchev–Trinajstić information content (AvgIpc) is 3.32. The molecule has 2 aromatic carbocycles. The first-order chi connectivity index (χ1) is 17.4. The van der Waals surface area contributed by atoms with Crippen LogP contribution >= 0.6 is 0 Å². The normalized spacial score (nSPS) is 19.2. The molecule has 0 radical (unpaired) electrons. The molecule has 1 atom stereocenters. The zero-order valence-electron chi connectivity index (χ0n) is 20.0. The fraction of sp³-hybridized carbons (Fsp3) is 0.286. The van der Waals surface area contributed by atoms with Crippen molar-refractivity contribution in [1.29, 1.82) is 0 Å². The molecule has 0 bridgehead atoms. The zero-order chi connectivity index (χ0) is 25.2. The van der Waals surface area contributed by atoms with E-state index in [0.717, 1.165) is 35.2 Å². The quantitative estimate of drug-likeness (QED) is 0.503. The molecule has 0 spiro atoms. The van der Waals surface area contributed by atoms with E-state index in [-0.39, 0.29) is 5.91 Å². The van der Waals surface area contributed by atoms with E-state index >= 15 is 0 Å². The number of allylic oxidation sites excluding steroid dienone is 2. The van der Waals surface area contributed by atoms with Crippen LogP contribution in [0.15, 0.2) is 60.4 Å². The lowest BCUT2D eigenvalue weighted by Gasteiger charge is -2.22. The summed E-state index contributed by atoms with van der Waals surface area (Å²) >= 11 is 0. The second-order valence-corrected chi connectivity index (χ2v) is 9.20. The second-order valence-electron chi connectivity index (χ2n) is 9.20. The first-order valence-electron chi connectivity index (χ1n) is 12.1. The number of aliphatic carboxylic acids is 1. The van der Waals surface area contributed by atoms with Crippen molar-refractivity contribution in [1.82, 2.24) is 10.2 Å². The maximum atomic E-state index is 13.8. The molecule has 5 rings (SSSR count). The highest BCUT2D eigenvalue weighted by Gasteiger charge is 2.32. The number of ether oxygens (including phenoxy) is 1. The molecule has 0 fully saturated rings. The molecule has 0 aliphatic carbocycles. The molecular weight excluding hydrogens is 461 g/mol. The van der Waals surface area contributed by atoms with Crippen LogP contribution in [0.25, 0.3) is 11.3 Å². The minimum Gasteiger partial charge on any atom is -0.487 e. The Kier molecular flexibility index (Phi) is 6.61. The van der Waals surface area contributed by atoms with E-state index in [9.17, 15) is 19.1 Å². The van der Waals surface area contributed by atoms with Gasteiger partial charge in [-0.25, -0.2) is 4.39 Å². The van der Waals surface area contributed by atoms with E-state index in [1.165, 1.54) is 12.1 Å². The van der Waals surface area contributed by atoms with Crippen LogP contribution in [-0.4, -0.2) is 41.5 Å². The van der Waals surface area contributed by atoms with Gasteiger partial charge in [-0.1, -0.05) is 30.4 Å². The number of rotatable bonds is 7. The summed E-state index contributed by atoms with van der Waals surface area (Å²) in [4.78, 5) is 26.4. The van der Waals surface area contributed by atoms with Crippen molar-refractivity contribution in [2.24, 2.45) is 0 Å². The number of carbonyl (C=O) groups is 2. The number of nitrogens with zero attached hydrogens (tertiary/aromatic N) is 1. The topological polar surface area (TPSA) is 90.9 Å². The van der Waals surface area contributed by atoms with Gasteiger partial charge in [0.2, 0.25) is 0 Å². The summed E-state index contributed by atoms with van der Waals surface area (Å²) in [5.41, 5.74) is 5.20. The third kappa shape index (κ3) is 4.77. The van der Waals surface area contributed by atoms with Crippen LogP contribution in [0.2, 0.25) is 0 Å². The number of halogens is 1. The van der Waals surface area contributed by atoms with Crippen molar-refractivity contribution in [3.05, 3.63) is 88.5 Å². The van der Waals surface area contributed by atoms with Gasteiger partial charge in [0.1, 0.15) is 24.2 Å². The highest BCUT2D eigenvalue weighted by Crippen LogP contribution is 2.41. The first-order valence-corrected chi connectivity index (χ1v) is 12.1. The van der Waals surface area contributed by atoms with Gasteiger partial charge in [0.15, 0.2) is 0 Å². The van der Waals surface area contributed by atoms with Gasteiger partial charge in [-0.15, -0.1) is 0 Å². The third-order valence-corrected chi connectivity index (χ3v) is 6.75. The fourth-order valence-electron chi connectivity index (χ4n) is 4.84. The molecule has 8 heteroatoms. The molecule has 1 amide bonds. The summed E-state index contributed by atoms with van der Waals surface area (Å²) in [6.07, 6.45) is 9.08. The number of nitrogens with one attached hydrogen (secondary N) is 2. The summed E-state index contributed by atoms with van der Waals surface area (Å²) in [6, 6.07) is 9.41. The Morgan fingerprint density at radius 2 is 2.08 bits per heavy atom. The highest BCUT2D eigenvalue weighted by molar-refractivity contribution is 6.36. The third-order valence-electron chi connectivity index (χ3n) is 6.75. The molecule has 36 heavy (non-hydrogen) atoms. The fourth-order valence-corrected chi connectivity index (χ4v) is 4.84. The van der Waals surface area contributed by atoms with Crippen LogP contribution in [0.5, 0.6) is 0 Å². The Hall–Kier alpha value is -3.91. The van der Waals surface area contributed by atoms with Gasteiger partial charge < -0.3 is 25.4 Å². The maximum absolute atomic E-state index is 13.8. The van der Waals surface area contributed by atoms with Gasteiger partial charge in [0, 0.05) is 41.5 Å². The van der Waals surface area contributed by atoms with Crippen molar-refractivity contribution in [2.75, 3.05) is 18.9 Å². The lowest BCUT2D eigenvalue weighted by molar-refractivity contribution is -0.139. The maximum Gasteiger partial charge on any atom is 0.321 e. The van der Waals surface area contributed by atoms with Crippen LogP contribution in [0, 0.1) is 5.82 Å². The minimum atomic E-state index is -0.872. The predicted molar refractivity (Wildman–Crippen MR) is 135 cm³/mol. The van der Waals surface area contributed by atoms with Crippen LogP contribution in [0.3, 0.4) is 0 Å². The summed E-state index contributed by atoms with van der Waals surface area (Å²) in [5, 5.41) is 15.7. The van der Waals surface area contributed by atoms with E-state index in [1.807, 2.05) is 36.3 Å². The number of anilines is 1. The van der Waals surface area contributed by atoms with Crippen LogP contribution < -0.4 is 10.6 Å². The van der Waals surface area contributed by atoms with Crippen LogP contribution in [0.4, 0.5) is 10.1 Å². The Morgan fingerprint density at radius 1 is 1.22 bits per heavy atom. The molecule has 3 heterocycles. The Labute approximate surface area is 208 Å². The molecule has 0 aromatic heterocycles. The highest BCUT2D eigenvalue weighted by atomic mass is 19.1. The Morgan fingerprint density at radius 3 is 2.92 bits per heavy atom. The number of amides is 1. The smallest absolute Gasteiger partial charge is 0.321 e. The SMILES string of the molecule is CN1C=CCCC=C1CC(NCCc1ccc2c(c1)COC2=C1C(=O)Nc2ccc(F)cc21)C(=O)O. The van der Waals surface area contributed by atoms with Crippen LogP contribution in [-0.2, 0) is 27.4 Å². The number of fused-ring (bicyclic) bond motifs is 2. The summed E-state index contributed by atoms with van der Waals surface area (Å²) in [5.74, 6) is -1.14. The summed E-state index contributed by atoms with van der Waals surface area (Å²) in [7, 11) is 1.94. The number of hydrogen-bond acceptors (Lipinski definition) is 5. The van der Waals surface area contributed by atoms with E-state index < -0.39 is 17.8 Å². The van der Waals surface area contributed by atoms with Gasteiger partial charge >= 0.3 is 5.97 Å². The van der Waals surface area contributed by atoms with Crippen molar-refractivity contribution in [3.8, 4) is 0 Å². The molecular formula is C28H28FN3O4. The van der Waals surface area contributed by atoms with Crippen molar-refractivity contribution in [3.63, 3.8) is 0 Å². The monoisotopic (exact) mass is 489 g/mol. The van der Waals surface area contributed by atoms with Crippen molar-refractivity contribution in [2.45, 2.75) is 38.3 Å². The number of carbonyl (C=O) groups excluding carboxylic acids is 1.